The Morgan fingerprint density at radius 3 is 2.79 bits per heavy atom. The van der Waals surface area contributed by atoms with Crippen LogP contribution >= 0.6 is 21.6 Å². The molecule has 2 unspecified atom stereocenters. The largest absolute Gasteiger partial charge is 0.455 e. The third kappa shape index (κ3) is 4.00. The molecule has 0 aromatic carbocycles. The van der Waals surface area contributed by atoms with Gasteiger partial charge in [0.05, 0.1) is 5.56 Å². The van der Waals surface area contributed by atoms with Gasteiger partial charge in [-0.25, -0.2) is 4.79 Å². The van der Waals surface area contributed by atoms with Crippen LogP contribution in [0.1, 0.15) is 10.4 Å². The average molecular weight is 302 g/mol. The average Bonchev–Trinajstić information content (AvgIpc) is 2.41. The molecule has 19 heavy (non-hydrogen) atoms. The summed E-state index contributed by atoms with van der Waals surface area (Å²) in [5, 5.41) is 9.53. The molecule has 0 bridgehead atoms. The molecule has 1 aromatic heterocycles. The van der Waals surface area contributed by atoms with Gasteiger partial charge in [-0.1, -0.05) is 21.6 Å². The van der Waals surface area contributed by atoms with Crippen LogP contribution in [-0.4, -0.2) is 39.8 Å². The van der Waals surface area contributed by atoms with Crippen molar-refractivity contribution < 1.29 is 19.5 Å². The van der Waals surface area contributed by atoms with E-state index in [1.54, 1.807) is 18.3 Å². The number of hydrogen-bond acceptors (Lipinski definition) is 8. The summed E-state index contributed by atoms with van der Waals surface area (Å²) < 4.78 is 5.25. The Kier molecular flexibility index (Phi) is 4.86. The summed E-state index contributed by atoms with van der Waals surface area (Å²) in [6.45, 7) is 0. The molecule has 0 N–H and O–H groups in total. The molecule has 2 rings (SSSR count). The molecule has 0 saturated carbocycles. The summed E-state index contributed by atoms with van der Waals surface area (Å²) in [5.41, 5.74) is 0.311. The van der Waals surface area contributed by atoms with Crippen molar-refractivity contribution in [3.63, 3.8) is 0 Å². The highest BCUT2D eigenvalue weighted by atomic mass is 33.1. The van der Waals surface area contributed by atoms with Gasteiger partial charge >= 0.3 is 5.97 Å². The van der Waals surface area contributed by atoms with E-state index in [1.165, 1.54) is 27.8 Å². The maximum absolute atomic E-state index is 11.8. The Bertz CT molecular complexity index is 458. The Balaban J connectivity index is 1.99. The predicted molar refractivity (Wildman–Crippen MR) is 70.2 cm³/mol. The van der Waals surface area contributed by atoms with Crippen molar-refractivity contribution in [2.45, 2.75) is 12.2 Å². The van der Waals surface area contributed by atoms with Gasteiger partial charge in [-0.2, -0.15) is 0 Å². The van der Waals surface area contributed by atoms with Gasteiger partial charge in [-0.15, -0.1) is 10.1 Å². The fourth-order valence-corrected chi connectivity index (χ4v) is 3.85. The second kappa shape index (κ2) is 6.62. The van der Waals surface area contributed by atoms with Crippen LogP contribution in [0.3, 0.4) is 0 Å². The van der Waals surface area contributed by atoms with Crippen LogP contribution in [0.5, 0.6) is 0 Å². The zero-order chi connectivity index (χ0) is 13.7. The monoisotopic (exact) mass is 302 g/mol. The van der Waals surface area contributed by atoms with Crippen LogP contribution < -0.4 is 0 Å². The SMILES string of the molecule is O=C(OC1CSSCC1O[N+](=O)[O-])c1cccnc1. The first-order chi connectivity index (χ1) is 9.16. The third-order valence-corrected chi connectivity index (χ3v) is 4.75. The number of rotatable bonds is 4. The number of ether oxygens (including phenoxy) is 1. The van der Waals surface area contributed by atoms with Crippen molar-refractivity contribution in [1.29, 1.82) is 0 Å². The fourth-order valence-electron chi connectivity index (χ4n) is 1.45. The van der Waals surface area contributed by atoms with Crippen LogP contribution in [0.4, 0.5) is 0 Å². The Hall–Kier alpha value is -1.48. The van der Waals surface area contributed by atoms with E-state index in [4.69, 9.17) is 4.74 Å². The van der Waals surface area contributed by atoms with Crippen LogP contribution in [0.15, 0.2) is 24.5 Å². The van der Waals surface area contributed by atoms with E-state index in [0.717, 1.165) is 0 Å². The molecule has 1 aliphatic rings. The topological polar surface area (TPSA) is 91.6 Å². The minimum absolute atomic E-state index is 0.311. The molecule has 1 fully saturated rings. The number of hydrogen-bond donors (Lipinski definition) is 0. The highest BCUT2D eigenvalue weighted by Gasteiger charge is 2.32. The number of nitrogens with zero attached hydrogens (tertiary/aromatic N) is 2. The van der Waals surface area contributed by atoms with Crippen molar-refractivity contribution in [3.05, 3.63) is 40.2 Å². The molecule has 0 spiro atoms. The molecule has 2 heterocycles. The van der Waals surface area contributed by atoms with Gasteiger partial charge in [0.2, 0.25) is 0 Å². The first-order valence-electron chi connectivity index (χ1n) is 5.33. The molecule has 102 valence electrons. The molecule has 2 atom stereocenters. The lowest BCUT2D eigenvalue weighted by Gasteiger charge is -2.28. The van der Waals surface area contributed by atoms with E-state index in [9.17, 15) is 14.9 Å². The van der Waals surface area contributed by atoms with Crippen LogP contribution in [0, 0.1) is 10.1 Å². The zero-order valence-electron chi connectivity index (χ0n) is 9.63. The Morgan fingerprint density at radius 2 is 2.16 bits per heavy atom. The van der Waals surface area contributed by atoms with E-state index in [-0.39, 0.29) is 0 Å². The molecule has 1 saturated heterocycles. The lowest BCUT2D eigenvalue weighted by molar-refractivity contribution is -0.769. The first kappa shape index (κ1) is 13.9. The van der Waals surface area contributed by atoms with Crippen molar-refractivity contribution >= 4 is 27.6 Å². The minimum atomic E-state index is -0.855. The minimum Gasteiger partial charge on any atom is -0.455 e. The van der Waals surface area contributed by atoms with Gasteiger partial charge in [0, 0.05) is 23.9 Å². The standard InChI is InChI=1S/C10H10N2O5S2/c13-10(7-2-1-3-11-4-7)16-8-5-18-19-6-9(8)17-12(14)15/h1-4,8-9H,5-6H2. The van der Waals surface area contributed by atoms with Crippen molar-refractivity contribution in [2.75, 3.05) is 11.5 Å². The molecular weight excluding hydrogens is 292 g/mol. The van der Waals surface area contributed by atoms with Gasteiger partial charge in [-0.05, 0) is 12.1 Å². The van der Waals surface area contributed by atoms with Crippen LogP contribution in [-0.2, 0) is 9.57 Å². The predicted octanol–water partition coefficient (Wildman–Crippen LogP) is 1.58. The van der Waals surface area contributed by atoms with Gasteiger partial charge in [-0.3, -0.25) is 4.98 Å². The maximum Gasteiger partial charge on any atom is 0.340 e. The number of carbonyl (C=O) groups excluding carboxylic acids is 1. The summed E-state index contributed by atoms with van der Waals surface area (Å²) in [7, 11) is 2.95. The van der Waals surface area contributed by atoms with Gasteiger partial charge in [0.1, 0.15) is 6.10 Å². The fraction of sp³-hybridized carbons (Fsp3) is 0.400. The van der Waals surface area contributed by atoms with Gasteiger partial charge in [0.15, 0.2) is 6.10 Å². The van der Waals surface area contributed by atoms with E-state index in [2.05, 4.69) is 9.82 Å². The summed E-state index contributed by atoms with van der Waals surface area (Å²) in [6, 6.07) is 3.19. The molecule has 0 aliphatic carbocycles. The molecule has 7 nitrogen and oxygen atoms in total. The van der Waals surface area contributed by atoms with E-state index >= 15 is 0 Å². The second-order valence-electron chi connectivity index (χ2n) is 3.62. The van der Waals surface area contributed by atoms with Crippen LogP contribution in [0.2, 0.25) is 0 Å². The lowest BCUT2D eigenvalue weighted by Crippen LogP contribution is -2.40. The number of pyridine rings is 1. The molecule has 1 aromatic rings. The van der Waals surface area contributed by atoms with Crippen LogP contribution in [0.25, 0.3) is 0 Å². The molecule has 9 heteroatoms. The number of esters is 1. The van der Waals surface area contributed by atoms with Crippen molar-refractivity contribution in [2.24, 2.45) is 0 Å². The quantitative estimate of drug-likeness (QED) is 0.358. The van der Waals surface area contributed by atoms with Crippen molar-refractivity contribution in [1.82, 2.24) is 4.98 Å². The summed E-state index contributed by atoms with van der Waals surface area (Å²) in [4.78, 5) is 30.6. The highest BCUT2D eigenvalue weighted by Crippen LogP contribution is 2.32. The van der Waals surface area contributed by atoms with E-state index in [1.807, 2.05) is 0 Å². The van der Waals surface area contributed by atoms with E-state index in [0.29, 0.717) is 17.1 Å². The Morgan fingerprint density at radius 1 is 1.42 bits per heavy atom. The normalized spacial score (nSPS) is 22.5. The highest BCUT2D eigenvalue weighted by molar-refractivity contribution is 8.76. The smallest absolute Gasteiger partial charge is 0.340 e. The van der Waals surface area contributed by atoms with E-state index < -0.39 is 23.3 Å². The third-order valence-electron chi connectivity index (χ3n) is 2.34. The molecular formula is C10H10N2O5S2. The zero-order valence-corrected chi connectivity index (χ0v) is 11.3. The Labute approximate surface area is 116 Å². The van der Waals surface area contributed by atoms with Crippen molar-refractivity contribution in [3.8, 4) is 0 Å². The molecule has 1 aliphatic heterocycles. The lowest BCUT2D eigenvalue weighted by atomic mass is 10.2. The molecule has 0 amide bonds. The number of aromatic nitrogens is 1. The van der Waals surface area contributed by atoms with Gasteiger partial charge < -0.3 is 9.57 Å². The maximum atomic E-state index is 11.8. The molecule has 0 radical (unpaired) electrons. The van der Waals surface area contributed by atoms with Gasteiger partial charge in [0.25, 0.3) is 5.09 Å². The summed E-state index contributed by atoms with van der Waals surface area (Å²) >= 11 is 0. The first-order valence-corrected chi connectivity index (χ1v) is 7.82. The summed E-state index contributed by atoms with van der Waals surface area (Å²) in [5.74, 6) is 0.300. The summed E-state index contributed by atoms with van der Waals surface area (Å²) in [6.07, 6.45) is 1.56. The second-order valence-corrected chi connectivity index (χ2v) is 6.17. The number of carbonyl (C=O) groups is 1.